The summed E-state index contributed by atoms with van der Waals surface area (Å²) in [6, 6.07) is 6.23. The lowest BCUT2D eigenvalue weighted by molar-refractivity contribution is -0.148. The molecule has 2 rings (SSSR count). The lowest BCUT2D eigenvalue weighted by atomic mass is 9.86. The number of benzene rings is 1. The maximum atomic E-state index is 14.2. The molecule has 2 N–H and O–H groups in total. The van der Waals surface area contributed by atoms with E-state index < -0.39 is 23.8 Å². The van der Waals surface area contributed by atoms with E-state index in [-0.39, 0.29) is 23.8 Å². The van der Waals surface area contributed by atoms with Gasteiger partial charge < -0.3 is 20.3 Å². The fourth-order valence-electron chi connectivity index (χ4n) is 4.42. The van der Waals surface area contributed by atoms with Gasteiger partial charge in [-0.15, -0.1) is 0 Å². The largest absolute Gasteiger partial charge is 0.444 e. The van der Waals surface area contributed by atoms with Gasteiger partial charge in [-0.1, -0.05) is 69.9 Å². The number of nitrogens with zero attached hydrogens (tertiary/aromatic N) is 1. The van der Waals surface area contributed by atoms with Gasteiger partial charge in [0, 0.05) is 12.6 Å². The Labute approximate surface area is 217 Å². The predicted molar refractivity (Wildman–Crippen MR) is 144 cm³/mol. The Morgan fingerprint density at radius 2 is 1.83 bits per heavy atom. The Kier molecular flexibility index (Phi) is 11.3. The monoisotopic (exact) mass is 501 g/mol. The molecule has 1 saturated carbocycles. The van der Waals surface area contributed by atoms with Crippen LogP contribution in [0.1, 0.15) is 104 Å². The summed E-state index contributed by atoms with van der Waals surface area (Å²) in [5, 5.41) is 5.92. The highest BCUT2D eigenvalue weighted by atomic mass is 16.6. The molecule has 0 aromatic heterocycles. The zero-order valence-electron chi connectivity index (χ0n) is 23.4. The van der Waals surface area contributed by atoms with Crippen molar-refractivity contribution in [2.75, 3.05) is 6.54 Å². The Hall–Kier alpha value is -2.57. The maximum absolute atomic E-state index is 14.2. The number of unbranched alkanes of at least 4 members (excludes halogenated alkanes) is 2. The standard InChI is InChI=1S/C29H47N3O4/c1-8-10-11-18-30-26(33)25(22-15-12-14-20(3)19-22)32(23-16-13-17-23)27(34)24(21(4)9-2)31-28(35)36-29(5,6)7/h12,14-15,19,21,23-25H,8-11,13,16-18H2,1-7H3,(H,30,33)(H,31,35). The quantitative estimate of drug-likeness (QED) is 0.362. The summed E-state index contributed by atoms with van der Waals surface area (Å²) < 4.78 is 5.48. The highest BCUT2D eigenvalue weighted by Crippen LogP contribution is 2.34. The number of aryl methyl sites for hydroxylation is 1. The molecule has 7 nitrogen and oxygen atoms in total. The second-order valence-electron chi connectivity index (χ2n) is 11.2. The minimum Gasteiger partial charge on any atom is -0.444 e. The molecular formula is C29H47N3O4. The van der Waals surface area contributed by atoms with Crippen LogP contribution in [0.4, 0.5) is 4.79 Å². The van der Waals surface area contributed by atoms with Crippen molar-refractivity contribution < 1.29 is 19.1 Å². The Morgan fingerprint density at radius 1 is 1.14 bits per heavy atom. The third-order valence-electron chi connectivity index (χ3n) is 6.84. The van der Waals surface area contributed by atoms with Crippen molar-refractivity contribution in [3.8, 4) is 0 Å². The number of alkyl carbamates (subject to hydrolysis) is 1. The SMILES string of the molecule is CCCCCNC(=O)C(c1cccc(C)c1)N(C(=O)C(NC(=O)OC(C)(C)C)C(C)CC)C1CCC1. The fourth-order valence-corrected chi connectivity index (χ4v) is 4.42. The van der Waals surface area contributed by atoms with E-state index in [1.807, 2.05) is 45.0 Å². The minimum absolute atomic E-state index is 0.0450. The zero-order valence-corrected chi connectivity index (χ0v) is 23.4. The number of ether oxygens (including phenoxy) is 1. The molecule has 0 bridgehead atoms. The van der Waals surface area contributed by atoms with E-state index in [2.05, 4.69) is 17.6 Å². The van der Waals surface area contributed by atoms with Crippen molar-refractivity contribution in [1.29, 1.82) is 0 Å². The van der Waals surface area contributed by atoms with Crippen LogP contribution < -0.4 is 10.6 Å². The Bertz CT molecular complexity index is 876. The molecule has 0 saturated heterocycles. The number of nitrogens with one attached hydrogen (secondary N) is 2. The van der Waals surface area contributed by atoms with E-state index in [9.17, 15) is 14.4 Å². The van der Waals surface area contributed by atoms with E-state index in [0.717, 1.165) is 49.7 Å². The van der Waals surface area contributed by atoms with Crippen LogP contribution in [-0.2, 0) is 14.3 Å². The summed E-state index contributed by atoms with van der Waals surface area (Å²) in [7, 11) is 0. The summed E-state index contributed by atoms with van der Waals surface area (Å²) >= 11 is 0. The van der Waals surface area contributed by atoms with Crippen molar-refractivity contribution in [2.45, 2.75) is 117 Å². The van der Waals surface area contributed by atoms with Crippen LogP contribution in [0.3, 0.4) is 0 Å². The molecule has 1 aliphatic carbocycles. The van der Waals surface area contributed by atoms with Crippen LogP contribution >= 0.6 is 0 Å². The lowest BCUT2D eigenvalue weighted by Gasteiger charge is -2.44. The second kappa shape index (κ2) is 13.7. The zero-order chi connectivity index (χ0) is 26.9. The first kappa shape index (κ1) is 29.7. The molecule has 1 aromatic rings. The Balaban J connectivity index is 2.44. The number of amides is 3. The highest BCUT2D eigenvalue weighted by Gasteiger charge is 2.43. The molecule has 0 spiro atoms. The number of hydrogen-bond acceptors (Lipinski definition) is 4. The van der Waals surface area contributed by atoms with Gasteiger partial charge in [-0.25, -0.2) is 4.79 Å². The van der Waals surface area contributed by atoms with Gasteiger partial charge in [0.1, 0.15) is 17.7 Å². The van der Waals surface area contributed by atoms with E-state index in [4.69, 9.17) is 4.74 Å². The topological polar surface area (TPSA) is 87.7 Å². The molecule has 202 valence electrons. The summed E-state index contributed by atoms with van der Waals surface area (Å²) in [4.78, 5) is 42.4. The van der Waals surface area contributed by atoms with Crippen molar-refractivity contribution >= 4 is 17.9 Å². The number of rotatable bonds is 12. The molecule has 0 heterocycles. The molecule has 3 unspecified atom stereocenters. The maximum Gasteiger partial charge on any atom is 0.408 e. The normalized spacial score (nSPS) is 16.3. The predicted octanol–water partition coefficient (Wildman–Crippen LogP) is 5.66. The van der Waals surface area contributed by atoms with Crippen LogP contribution in [-0.4, -0.2) is 47.0 Å². The second-order valence-corrected chi connectivity index (χ2v) is 11.2. The molecule has 0 radical (unpaired) electrons. The fraction of sp³-hybridized carbons (Fsp3) is 0.690. The first-order valence-electron chi connectivity index (χ1n) is 13.6. The summed E-state index contributed by atoms with van der Waals surface area (Å²) in [5.74, 6) is -0.523. The molecule has 1 fully saturated rings. The summed E-state index contributed by atoms with van der Waals surface area (Å²) in [6.07, 6.45) is 5.78. The van der Waals surface area contributed by atoms with Gasteiger partial charge in [0.05, 0.1) is 0 Å². The average Bonchev–Trinajstić information content (AvgIpc) is 2.76. The van der Waals surface area contributed by atoms with Crippen LogP contribution in [0.25, 0.3) is 0 Å². The van der Waals surface area contributed by atoms with Crippen LogP contribution in [0.2, 0.25) is 0 Å². The number of carbonyl (C=O) groups excluding carboxylic acids is 3. The smallest absolute Gasteiger partial charge is 0.408 e. The van der Waals surface area contributed by atoms with Gasteiger partial charge in [-0.05, 0) is 64.9 Å². The van der Waals surface area contributed by atoms with E-state index in [0.29, 0.717) is 13.0 Å². The molecule has 0 aliphatic heterocycles. The van der Waals surface area contributed by atoms with Crippen molar-refractivity contribution in [3.63, 3.8) is 0 Å². The lowest BCUT2D eigenvalue weighted by Crippen LogP contribution is -2.59. The van der Waals surface area contributed by atoms with E-state index in [1.165, 1.54) is 0 Å². The molecule has 1 aliphatic rings. The van der Waals surface area contributed by atoms with Gasteiger partial charge in [-0.2, -0.15) is 0 Å². The highest BCUT2D eigenvalue weighted by molar-refractivity contribution is 5.92. The van der Waals surface area contributed by atoms with Crippen LogP contribution in [0, 0.1) is 12.8 Å². The molecule has 3 atom stereocenters. The average molecular weight is 502 g/mol. The van der Waals surface area contributed by atoms with Gasteiger partial charge in [0.25, 0.3) is 0 Å². The molecular weight excluding hydrogens is 454 g/mol. The van der Waals surface area contributed by atoms with Gasteiger partial charge in [-0.3, -0.25) is 9.59 Å². The minimum atomic E-state index is -0.786. The van der Waals surface area contributed by atoms with Gasteiger partial charge in [0.15, 0.2) is 0 Å². The van der Waals surface area contributed by atoms with E-state index >= 15 is 0 Å². The summed E-state index contributed by atoms with van der Waals surface area (Å²) in [6.45, 7) is 14.0. The molecule has 3 amide bonds. The van der Waals surface area contributed by atoms with Crippen molar-refractivity contribution in [2.24, 2.45) is 5.92 Å². The van der Waals surface area contributed by atoms with E-state index in [1.54, 1.807) is 25.7 Å². The van der Waals surface area contributed by atoms with Crippen LogP contribution in [0.15, 0.2) is 24.3 Å². The van der Waals surface area contributed by atoms with Gasteiger partial charge in [0.2, 0.25) is 11.8 Å². The van der Waals surface area contributed by atoms with Crippen molar-refractivity contribution in [3.05, 3.63) is 35.4 Å². The van der Waals surface area contributed by atoms with Gasteiger partial charge >= 0.3 is 6.09 Å². The molecule has 36 heavy (non-hydrogen) atoms. The summed E-state index contributed by atoms with van der Waals surface area (Å²) in [5.41, 5.74) is 1.15. The first-order chi connectivity index (χ1) is 17.0. The van der Waals surface area contributed by atoms with Crippen molar-refractivity contribution in [1.82, 2.24) is 15.5 Å². The number of carbonyl (C=O) groups is 3. The third-order valence-corrected chi connectivity index (χ3v) is 6.84. The van der Waals surface area contributed by atoms with Crippen LogP contribution in [0.5, 0.6) is 0 Å². The molecule has 7 heteroatoms. The third kappa shape index (κ3) is 8.52. The number of hydrogen-bond donors (Lipinski definition) is 2. The molecule has 1 aromatic carbocycles. The first-order valence-corrected chi connectivity index (χ1v) is 13.6. The Morgan fingerprint density at radius 3 is 2.36 bits per heavy atom.